The third kappa shape index (κ3) is 4.88. The van der Waals surface area contributed by atoms with Crippen molar-refractivity contribution in [3.05, 3.63) is 64.5 Å². The first kappa shape index (κ1) is 19.9. The number of hydrogen-bond donors (Lipinski definition) is 1. The van der Waals surface area contributed by atoms with Crippen LogP contribution in [0.4, 0.5) is 5.69 Å². The Labute approximate surface area is 170 Å². The van der Waals surface area contributed by atoms with E-state index in [-0.39, 0.29) is 6.54 Å². The predicted molar refractivity (Wildman–Crippen MR) is 110 cm³/mol. The Kier molecular flexibility index (Phi) is 6.28. The van der Waals surface area contributed by atoms with E-state index in [1.165, 1.54) is 23.3 Å². The Morgan fingerprint density at radius 1 is 1.11 bits per heavy atom. The summed E-state index contributed by atoms with van der Waals surface area (Å²) in [4.78, 5) is 38.0. The van der Waals surface area contributed by atoms with Crippen LogP contribution in [0.5, 0.6) is 0 Å². The lowest BCUT2D eigenvalue weighted by molar-refractivity contribution is -0.136. The zero-order chi connectivity index (χ0) is 20.1. The molecule has 28 heavy (non-hydrogen) atoms. The van der Waals surface area contributed by atoms with Crippen molar-refractivity contribution in [3.8, 4) is 0 Å². The van der Waals surface area contributed by atoms with Gasteiger partial charge in [-0.2, -0.15) is 0 Å². The van der Waals surface area contributed by atoms with Crippen LogP contribution in [0.3, 0.4) is 0 Å². The van der Waals surface area contributed by atoms with Crippen molar-refractivity contribution in [1.82, 2.24) is 4.90 Å². The lowest BCUT2D eigenvalue weighted by Crippen LogP contribution is -2.37. The maximum absolute atomic E-state index is 12.2. The maximum atomic E-state index is 12.2. The Hall–Kier alpha value is -2.90. The number of hydrogen-bond acceptors (Lipinski definition) is 5. The topological polar surface area (TPSA) is 75.7 Å². The fraction of sp³-hybridized carbons (Fsp3) is 0.150. The molecule has 0 aliphatic carbocycles. The molecule has 8 heteroatoms. The third-order valence-electron chi connectivity index (χ3n) is 3.91. The summed E-state index contributed by atoms with van der Waals surface area (Å²) in [7, 11) is 1.46. The molecule has 1 N–H and O–H groups in total. The summed E-state index contributed by atoms with van der Waals surface area (Å²) in [5, 5.41) is 3.98. The number of anilines is 1. The molecule has 6 nitrogen and oxygen atoms in total. The number of thiophene rings is 1. The van der Waals surface area contributed by atoms with Gasteiger partial charge in [0.05, 0.1) is 17.3 Å². The molecular weight excluding hydrogens is 400 g/mol. The normalized spacial score (nSPS) is 10.5. The first-order valence-corrected chi connectivity index (χ1v) is 9.57. The van der Waals surface area contributed by atoms with Crippen molar-refractivity contribution in [1.29, 1.82) is 0 Å². The Morgan fingerprint density at radius 2 is 1.82 bits per heavy atom. The van der Waals surface area contributed by atoms with Gasteiger partial charge in [-0.15, -0.1) is 11.3 Å². The number of ether oxygens (including phenoxy) is 1. The summed E-state index contributed by atoms with van der Waals surface area (Å²) in [6.07, 6.45) is 0. The second kappa shape index (κ2) is 8.86. The summed E-state index contributed by atoms with van der Waals surface area (Å²) in [6, 6.07) is 16.1. The highest BCUT2D eigenvalue weighted by Gasteiger charge is 2.17. The summed E-state index contributed by atoms with van der Waals surface area (Å²) < 4.78 is 6.05. The standard InChI is InChI=1S/C20H17ClN2O4S/c1-23(11-18(24)22-15-8-4-3-7-14(15)21)19(25)12-27-20(26)17-10-13-6-2-5-9-16(13)28-17/h2-10H,11-12H2,1H3,(H,22,24). The minimum atomic E-state index is -0.566. The largest absolute Gasteiger partial charge is 0.451 e. The van der Waals surface area contributed by atoms with Crippen molar-refractivity contribution in [2.45, 2.75) is 0 Å². The SMILES string of the molecule is CN(CC(=O)Nc1ccccc1Cl)C(=O)COC(=O)c1cc2ccccc2s1. The monoisotopic (exact) mass is 416 g/mol. The molecule has 2 aromatic carbocycles. The summed E-state index contributed by atoms with van der Waals surface area (Å²) in [6.45, 7) is -0.632. The molecule has 0 fully saturated rings. The van der Waals surface area contributed by atoms with E-state index in [1.54, 1.807) is 30.3 Å². The van der Waals surface area contributed by atoms with E-state index in [0.717, 1.165) is 10.1 Å². The number of halogens is 1. The van der Waals surface area contributed by atoms with Crippen LogP contribution in [0.2, 0.25) is 5.02 Å². The highest BCUT2D eigenvalue weighted by molar-refractivity contribution is 7.20. The van der Waals surface area contributed by atoms with Crippen molar-refractivity contribution in [2.75, 3.05) is 25.5 Å². The number of para-hydroxylation sites is 1. The number of nitrogens with zero attached hydrogens (tertiary/aromatic N) is 1. The summed E-state index contributed by atoms with van der Waals surface area (Å²) in [5.41, 5.74) is 0.464. The van der Waals surface area contributed by atoms with E-state index in [9.17, 15) is 14.4 Å². The molecule has 3 rings (SSSR count). The number of esters is 1. The Balaban J connectivity index is 1.50. The highest BCUT2D eigenvalue weighted by Crippen LogP contribution is 2.25. The van der Waals surface area contributed by atoms with Gasteiger partial charge in [0.1, 0.15) is 4.88 Å². The number of fused-ring (bicyclic) bond motifs is 1. The molecule has 3 aromatic rings. The smallest absolute Gasteiger partial charge is 0.348 e. The molecule has 0 spiro atoms. The van der Waals surface area contributed by atoms with Crippen molar-refractivity contribution >= 4 is 56.5 Å². The Bertz CT molecular complexity index is 1000. The summed E-state index contributed by atoms with van der Waals surface area (Å²) >= 11 is 7.29. The highest BCUT2D eigenvalue weighted by atomic mass is 35.5. The number of carbonyl (C=O) groups excluding carboxylic acids is 3. The van der Waals surface area contributed by atoms with E-state index in [0.29, 0.717) is 15.6 Å². The van der Waals surface area contributed by atoms with Gasteiger partial charge in [-0.05, 0) is 29.7 Å². The zero-order valence-electron chi connectivity index (χ0n) is 15.0. The fourth-order valence-corrected chi connectivity index (χ4v) is 3.59. The molecule has 0 bridgehead atoms. The quantitative estimate of drug-likeness (QED) is 0.620. The lowest BCUT2D eigenvalue weighted by atomic mass is 10.2. The van der Waals surface area contributed by atoms with Gasteiger partial charge in [0, 0.05) is 11.7 Å². The van der Waals surface area contributed by atoms with Crippen LogP contribution in [0.25, 0.3) is 10.1 Å². The van der Waals surface area contributed by atoms with Gasteiger partial charge in [-0.25, -0.2) is 4.79 Å². The lowest BCUT2D eigenvalue weighted by Gasteiger charge is -2.17. The summed E-state index contributed by atoms with van der Waals surface area (Å²) in [5.74, 6) is -1.45. The average Bonchev–Trinajstić information content (AvgIpc) is 3.12. The molecule has 0 aliphatic heterocycles. The molecule has 0 aliphatic rings. The van der Waals surface area contributed by atoms with Crippen molar-refractivity contribution in [3.63, 3.8) is 0 Å². The number of nitrogens with one attached hydrogen (secondary N) is 1. The van der Waals surface area contributed by atoms with Crippen LogP contribution in [0, 0.1) is 0 Å². The molecule has 144 valence electrons. The Morgan fingerprint density at radius 3 is 2.57 bits per heavy atom. The van der Waals surface area contributed by atoms with Crippen LogP contribution in [-0.4, -0.2) is 42.9 Å². The molecule has 0 radical (unpaired) electrons. The number of rotatable bonds is 6. The van der Waals surface area contributed by atoms with Crippen LogP contribution in [0.15, 0.2) is 54.6 Å². The second-order valence-corrected chi connectivity index (χ2v) is 7.49. The minimum absolute atomic E-state index is 0.190. The average molecular weight is 417 g/mol. The molecule has 1 aromatic heterocycles. The van der Waals surface area contributed by atoms with E-state index >= 15 is 0 Å². The molecular formula is C20H17ClN2O4S. The third-order valence-corrected chi connectivity index (χ3v) is 5.33. The van der Waals surface area contributed by atoms with Gasteiger partial charge >= 0.3 is 5.97 Å². The molecule has 0 atom stereocenters. The van der Waals surface area contributed by atoms with Crippen molar-refractivity contribution < 1.29 is 19.1 Å². The van der Waals surface area contributed by atoms with E-state index < -0.39 is 24.4 Å². The number of carbonyl (C=O) groups is 3. The van der Waals surface area contributed by atoms with Gasteiger partial charge in [-0.1, -0.05) is 41.9 Å². The predicted octanol–water partition coefficient (Wildman–Crippen LogP) is 3.81. The number of likely N-dealkylation sites (N-methyl/N-ethyl adjacent to an activating group) is 1. The van der Waals surface area contributed by atoms with Crippen molar-refractivity contribution in [2.24, 2.45) is 0 Å². The molecule has 0 saturated carbocycles. The molecule has 0 saturated heterocycles. The maximum Gasteiger partial charge on any atom is 0.348 e. The van der Waals surface area contributed by atoms with E-state index in [1.807, 2.05) is 24.3 Å². The minimum Gasteiger partial charge on any atom is -0.451 e. The van der Waals surface area contributed by atoms with E-state index in [4.69, 9.17) is 16.3 Å². The van der Waals surface area contributed by atoms with Crippen LogP contribution in [-0.2, 0) is 14.3 Å². The van der Waals surface area contributed by atoms with E-state index in [2.05, 4.69) is 5.32 Å². The van der Waals surface area contributed by atoms with Crippen LogP contribution in [0.1, 0.15) is 9.67 Å². The van der Waals surface area contributed by atoms with Gasteiger partial charge < -0.3 is 15.0 Å². The zero-order valence-corrected chi connectivity index (χ0v) is 16.5. The molecule has 0 unspecified atom stereocenters. The van der Waals surface area contributed by atoms with Gasteiger partial charge in [-0.3, -0.25) is 9.59 Å². The van der Waals surface area contributed by atoms with Crippen LogP contribution >= 0.6 is 22.9 Å². The first-order chi connectivity index (χ1) is 13.4. The molecule has 2 amide bonds. The van der Waals surface area contributed by atoms with Gasteiger partial charge in [0.25, 0.3) is 5.91 Å². The first-order valence-electron chi connectivity index (χ1n) is 8.38. The second-order valence-electron chi connectivity index (χ2n) is 6.00. The number of benzene rings is 2. The molecule has 1 heterocycles. The number of amides is 2. The fourth-order valence-electron chi connectivity index (χ4n) is 2.45. The van der Waals surface area contributed by atoms with Crippen LogP contribution < -0.4 is 5.32 Å². The van der Waals surface area contributed by atoms with Gasteiger partial charge in [0.15, 0.2) is 6.61 Å². The van der Waals surface area contributed by atoms with Gasteiger partial charge in [0.2, 0.25) is 5.91 Å².